The fourth-order valence-corrected chi connectivity index (χ4v) is 2.53. The number of likely N-dealkylation sites (tertiary alicyclic amines) is 1. The van der Waals surface area contributed by atoms with Crippen LogP contribution in [0.1, 0.15) is 38.2 Å². The van der Waals surface area contributed by atoms with Crippen LogP contribution in [0.5, 0.6) is 0 Å². The number of hydroxylamine groups is 1. The number of rotatable bonds is 8. The van der Waals surface area contributed by atoms with Gasteiger partial charge in [0.05, 0.1) is 6.61 Å². The van der Waals surface area contributed by atoms with Crippen molar-refractivity contribution in [2.75, 3.05) is 19.7 Å². The first-order valence-electron chi connectivity index (χ1n) is 8.62. The predicted octanol–water partition coefficient (Wildman–Crippen LogP) is 2.68. The van der Waals surface area contributed by atoms with Crippen LogP contribution in [0.2, 0.25) is 0 Å². The summed E-state index contributed by atoms with van der Waals surface area (Å²) in [6.07, 6.45) is 3.71. The van der Waals surface area contributed by atoms with Crippen molar-refractivity contribution in [1.82, 2.24) is 10.4 Å². The summed E-state index contributed by atoms with van der Waals surface area (Å²) in [4.78, 5) is 31.0. The summed E-state index contributed by atoms with van der Waals surface area (Å²) in [5.41, 5.74) is 3.58. The first kappa shape index (κ1) is 18.3. The number of ether oxygens (including phenoxy) is 1. The van der Waals surface area contributed by atoms with Crippen LogP contribution in [0.15, 0.2) is 30.3 Å². The van der Waals surface area contributed by atoms with Gasteiger partial charge in [-0.1, -0.05) is 43.7 Å². The Morgan fingerprint density at radius 3 is 2.58 bits per heavy atom. The first-order valence-corrected chi connectivity index (χ1v) is 8.62. The van der Waals surface area contributed by atoms with Gasteiger partial charge >= 0.3 is 12.1 Å². The maximum Gasteiger partial charge on any atom is 0.428 e. The van der Waals surface area contributed by atoms with Crippen LogP contribution in [0.4, 0.5) is 4.79 Å². The van der Waals surface area contributed by atoms with Crippen LogP contribution in [-0.2, 0) is 20.8 Å². The summed E-state index contributed by atoms with van der Waals surface area (Å²) in [6.45, 7) is 3.81. The molecule has 2 rings (SSSR count). The Labute approximate surface area is 143 Å². The lowest BCUT2D eigenvalue weighted by Crippen LogP contribution is -2.43. The number of nitrogens with one attached hydrogen (secondary N) is 1. The van der Waals surface area contributed by atoms with E-state index in [-0.39, 0.29) is 0 Å². The molecule has 0 aromatic heterocycles. The van der Waals surface area contributed by atoms with Crippen LogP contribution >= 0.6 is 0 Å². The second-order valence-electron chi connectivity index (χ2n) is 5.94. The smallest absolute Gasteiger partial charge is 0.428 e. The molecule has 1 heterocycles. The molecule has 1 amide bonds. The third-order valence-corrected chi connectivity index (χ3v) is 3.96. The fraction of sp³-hybridized carbons (Fsp3) is 0.556. The molecular formula is C18H26N2O4. The summed E-state index contributed by atoms with van der Waals surface area (Å²) < 4.78 is 5.27. The Bertz CT molecular complexity index is 515. The topological polar surface area (TPSA) is 67.9 Å². The predicted molar refractivity (Wildman–Crippen MR) is 90.2 cm³/mol. The maximum absolute atomic E-state index is 12.3. The highest BCUT2D eigenvalue weighted by atomic mass is 16.7. The van der Waals surface area contributed by atoms with Crippen molar-refractivity contribution in [1.29, 1.82) is 0 Å². The normalized spacial score (nSPS) is 15.1. The van der Waals surface area contributed by atoms with Gasteiger partial charge in [0, 0.05) is 19.5 Å². The van der Waals surface area contributed by atoms with Gasteiger partial charge in [-0.2, -0.15) is 0 Å². The molecule has 1 saturated heterocycles. The molecule has 24 heavy (non-hydrogen) atoms. The van der Waals surface area contributed by atoms with Gasteiger partial charge in [-0.05, 0) is 24.8 Å². The number of hydrogen-bond donors (Lipinski definition) is 1. The summed E-state index contributed by atoms with van der Waals surface area (Å²) >= 11 is 0. The molecule has 0 radical (unpaired) electrons. The molecule has 0 unspecified atom stereocenters. The Morgan fingerprint density at radius 1 is 1.21 bits per heavy atom. The number of benzene rings is 1. The van der Waals surface area contributed by atoms with Gasteiger partial charge in [-0.3, -0.25) is 4.79 Å². The fourth-order valence-electron chi connectivity index (χ4n) is 2.53. The number of carbonyl (C=O) groups excluding carboxylic acids is 2. The van der Waals surface area contributed by atoms with Gasteiger partial charge in [0.15, 0.2) is 0 Å². The number of hydrogen-bond acceptors (Lipinski definition) is 5. The van der Waals surface area contributed by atoms with E-state index in [0.29, 0.717) is 26.1 Å². The quantitative estimate of drug-likeness (QED) is 0.450. The summed E-state index contributed by atoms with van der Waals surface area (Å²) in [7, 11) is 0. The molecule has 1 aromatic rings. The van der Waals surface area contributed by atoms with E-state index >= 15 is 0 Å². The highest BCUT2D eigenvalue weighted by Crippen LogP contribution is 2.09. The molecule has 6 nitrogen and oxygen atoms in total. The Kier molecular flexibility index (Phi) is 7.55. The van der Waals surface area contributed by atoms with E-state index in [1.807, 2.05) is 37.3 Å². The molecule has 0 spiro atoms. The van der Waals surface area contributed by atoms with E-state index in [4.69, 9.17) is 9.57 Å². The van der Waals surface area contributed by atoms with Crippen LogP contribution in [0.3, 0.4) is 0 Å². The highest BCUT2D eigenvalue weighted by molar-refractivity contribution is 5.76. The van der Waals surface area contributed by atoms with Gasteiger partial charge in [-0.15, -0.1) is 5.48 Å². The van der Waals surface area contributed by atoms with Gasteiger partial charge in [0.2, 0.25) is 0 Å². The monoisotopic (exact) mass is 334 g/mol. The standard InChI is InChI=1S/C18H26N2O4/c1-2-3-13-23-17(21)16(14-15-9-5-4-6-10-15)19-24-18(22)20-11-7-8-12-20/h4-6,9-10,16,19H,2-3,7-8,11-14H2,1H3/t16-/m0/s1. The van der Waals surface area contributed by atoms with Gasteiger partial charge in [0.25, 0.3) is 0 Å². The summed E-state index contributed by atoms with van der Waals surface area (Å²) in [5, 5.41) is 0. The summed E-state index contributed by atoms with van der Waals surface area (Å²) in [6, 6.07) is 8.87. The van der Waals surface area contributed by atoms with E-state index in [0.717, 1.165) is 31.2 Å². The SMILES string of the molecule is CCCCOC(=O)[C@H](Cc1ccccc1)NOC(=O)N1CCCC1. The molecule has 132 valence electrons. The lowest BCUT2D eigenvalue weighted by atomic mass is 10.1. The minimum absolute atomic E-state index is 0.377. The number of nitrogens with zero attached hydrogens (tertiary/aromatic N) is 1. The van der Waals surface area contributed by atoms with E-state index in [1.54, 1.807) is 4.90 Å². The zero-order valence-electron chi connectivity index (χ0n) is 14.2. The molecule has 0 saturated carbocycles. The second kappa shape index (κ2) is 9.93. The van der Waals surface area contributed by atoms with Gasteiger partial charge in [0.1, 0.15) is 6.04 Å². The lowest BCUT2D eigenvalue weighted by molar-refractivity contribution is -0.149. The zero-order valence-corrected chi connectivity index (χ0v) is 14.2. The third-order valence-electron chi connectivity index (χ3n) is 3.96. The van der Waals surface area contributed by atoms with Crippen LogP contribution < -0.4 is 5.48 Å². The molecule has 1 N–H and O–H groups in total. The minimum atomic E-state index is -0.712. The average molecular weight is 334 g/mol. The van der Waals surface area contributed by atoms with E-state index in [9.17, 15) is 9.59 Å². The van der Waals surface area contributed by atoms with Crippen molar-refractivity contribution < 1.29 is 19.2 Å². The van der Waals surface area contributed by atoms with Crippen molar-refractivity contribution in [3.8, 4) is 0 Å². The van der Waals surface area contributed by atoms with E-state index in [1.165, 1.54) is 0 Å². The molecule has 6 heteroatoms. The number of esters is 1. The van der Waals surface area contributed by atoms with Crippen LogP contribution in [0.25, 0.3) is 0 Å². The first-order chi connectivity index (χ1) is 11.7. The third kappa shape index (κ3) is 5.85. The summed E-state index contributed by atoms with van der Waals surface area (Å²) in [5.74, 6) is -0.401. The van der Waals surface area contributed by atoms with E-state index < -0.39 is 18.1 Å². The molecular weight excluding hydrogens is 308 g/mol. The highest BCUT2D eigenvalue weighted by Gasteiger charge is 2.25. The molecule has 1 aliphatic rings. The van der Waals surface area contributed by atoms with Gasteiger partial charge < -0.3 is 14.5 Å². The van der Waals surface area contributed by atoms with E-state index in [2.05, 4.69) is 5.48 Å². The number of unbranched alkanes of at least 4 members (excludes halogenated alkanes) is 1. The zero-order chi connectivity index (χ0) is 17.2. The number of amides is 1. The largest absolute Gasteiger partial charge is 0.464 e. The maximum atomic E-state index is 12.3. The lowest BCUT2D eigenvalue weighted by Gasteiger charge is -2.20. The van der Waals surface area contributed by atoms with Crippen molar-refractivity contribution in [3.05, 3.63) is 35.9 Å². The molecule has 0 bridgehead atoms. The number of carbonyl (C=O) groups is 2. The molecule has 0 aliphatic carbocycles. The minimum Gasteiger partial charge on any atom is -0.464 e. The molecule has 1 aromatic carbocycles. The van der Waals surface area contributed by atoms with Crippen molar-refractivity contribution in [2.45, 2.75) is 45.1 Å². The molecule has 1 atom stereocenters. The Hall–Kier alpha value is -2.08. The Morgan fingerprint density at radius 2 is 1.92 bits per heavy atom. The van der Waals surface area contributed by atoms with Crippen LogP contribution in [-0.4, -0.2) is 42.7 Å². The van der Waals surface area contributed by atoms with Crippen LogP contribution in [0, 0.1) is 0 Å². The Balaban J connectivity index is 1.90. The average Bonchev–Trinajstić information content (AvgIpc) is 3.14. The van der Waals surface area contributed by atoms with Gasteiger partial charge in [-0.25, -0.2) is 4.79 Å². The van der Waals surface area contributed by atoms with Crippen molar-refractivity contribution in [2.24, 2.45) is 0 Å². The van der Waals surface area contributed by atoms with Crippen molar-refractivity contribution in [3.63, 3.8) is 0 Å². The molecule has 1 fully saturated rings. The molecule has 1 aliphatic heterocycles. The second-order valence-corrected chi connectivity index (χ2v) is 5.94. The van der Waals surface area contributed by atoms with Crippen molar-refractivity contribution >= 4 is 12.1 Å².